The molecule has 0 amide bonds. The number of carbonyl (C=O) groups excluding carboxylic acids is 1. The second kappa shape index (κ2) is 5.37. The average molecular weight is 352 g/mol. The number of hydrogen-bond acceptors (Lipinski definition) is 3. The van der Waals surface area contributed by atoms with Crippen molar-refractivity contribution < 1.29 is 22.7 Å². The van der Waals surface area contributed by atoms with E-state index in [0.29, 0.717) is 22.9 Å². The molecule has 0 spiro atoms. The van der Waals surface area contributed by atoms with Crippen LogP contribution in [0, 0.1) is 0 Å². The standard InChI is InChI=1S/C13H13BrF3NO2/c1-20-11(19)12(2-3-12)18-7-8-4-9(13(15,16)17)6-10(14)5-8/h4-6,18H,2-3,7H2,1H3. The Hall–Kier alpha value is -1.08. The van der Waals surface area contributed by atoms with E-state index in [4.69, 9.17) is 0 Å². The van der Waals surface area contributed by atoms with E-state index < -0.39 is 17.3 Å². The number of ether oxygens (including phenoxy) is 1. The van der Waals surface area contributed by atoms with Crippen LogP contribution >= 0.6 is 15.9 Å². The lowest BCUT2D eigenvalue weighted by atomic mass is 10.1. The number of hydrogen-bond donors (Lipinski definition) is 1. The number of rotatable bonds is 4. The topological polar surface area (TPSA) is 38.3 Å². The summed E-state index contributed by atoms with van der Waals surface area (Å²) in [6, 6.07) is 3.69. The number of alkyl halides is 3. The first-order valence-electron chi connectivity index (χ1n) is 5.97. The van der Waals surface area contributed by atoms with Crippen LogP contribution in [0.4, 0.5) is 13.2 Å². The first kappa shape index (κ1) is 15.3. The van der Waals surface area contributed by atoms with E-state index >= 15 is 0 Å². The van der Waals surface area contributed by atoms with E-state index in [1.807, 2.05) is 0 Å². The number of esters is 1. The van der Waals surface area contributed by atoms with Crippen molar-refractivity contribution in [2.75, 3.05) is 7.11 Å². The largest absolute Gasteiger partial charge is 0.468 e. The van der Waals surface area contributed by atoms with Crippen molar-refractivity contribution in [3.63, 3.8) is 0 Å². The normalized spacial score (nSPS) is 16.9. The summed E-state index contributed by atoms with van der Waals surface area (Å²) in [6.07, 6.45) is -3.11. The van der Waals surface area contributed by atoms with Gasteiger partial charge in [-0.2, -0.15) is 13.2 Å². The van der Waals surface area contributed by atoms with Crippen LogP contribution in [-0.4, -0.2) is 18.6 Å². The molecule has 2 rings (SSSR count). The third-order valence-electron chi connectivity index (χ3n) is 3.24. The Bertz CT molecular complexity index is 527. The van der Waals surface area contributed by atoms with Crippen molar-refractivity contribution in [2.45, 2.75) is 31.1 Å². The Morgan fingerprint density at radius 3 is 2.55 bits per heavy atom. The first-order chi connectivity index (χ1) is 9.27. The molecule has 3 nitrogen and oxygen atoms in total. The molecular formula is C13H13BrF3NO2. The van der Waals surface area contributed by atoms with Gasteiger partial charge >= 0.3 is 12.1 Å². The summed E-state index contributed by atoms with van der Waals surface area (Å²) in [5.41, 5.74) is -0.983. The van der Waals surface area contributed by atoms with Gasteiger partial charge in [0.05, 0.1) is 12.7 Å². The minimum atomic E-state index is -4.39. The van der Waals surface area contributed by atoms with Gasteiger partial charge in [-0.1, -0.05) is 15.9 Å². The lowest BCUT2D eigenvalue weighted by Gasteiger charge is -2.16. The van der Waals surface area contributed by atoms with Crippen LogP contribution in [0.1, 0.15) is 24.0 Å². The van der Waals surface area contributed by atoms with Gasteiger partial charge in [0, 0.05) is 11.0 Å². The SMILES string of the molecule is COC(=O)C1(NCc2cc(Br)cc(C(F)(F)F)c2)CC1. The second-order valence-corrected chi connectivity index (χ2v) is 5.69. The summed E-state index contributed by atoms with van der Waals surface area (Å²) in [4.78, 5) is 11.5. The van der Waals surface area contributed by atoms with Gasteiger partial charge in [0.25, 0.3) is 0 Å². The molecule has 0 aromatic heterocycles. The highest BCUT2D eigenvalue weighted by molar-refractivity contribution is 9.10. The zero-order valence-electron chi connectivity index (χ0n) is 10.7. The van der Waals surface area contributed by atoms with Crippen molar-refractivity contribution in [1.82, 2.24) is 5.32 Å². The van der Waals surface area contributed by atoms with E-state index in [-0.39, 0.29) is 12.5 Å². The Kier molecular flexibility index (Phi) is 4.11. The van der Waals surface area contributed by atoms with Gasteiger partial charge in [-0.25, -0.2) is 0 Å². The zero-order chi connectivity index (χ0) is 15.0. The minimum Gasteiger partial charge on any atom is -0.468 e. The van der Waals surface area contributed by atoms with Gasteiger partial charge in [-0.3, -0.25) is 10.1 Å². The van der Waals surface area contributed by atoms with Crippen molar-refractivity contribution in [3.05, 3.63) is 33.8 Å². The van der Waals surface area contributed by atoms with Crippen molar-refractivity contribution >= 4 is 21.9 Å². The van der Waals surface area contributed by atoms with E-state index in [1.165, 1.54) is 7.11 Å². The molecule has 0 radical (unpaired) electrons. The average Bonchev–Trinajstić information content (AvgIpc) is 3.15. The van der Waals surface area contributed by atoms with Crippen LogP contribution in [-0.2, 0) is 22.3 Å². The molecule has 0 atom stereocenters. The second-order valence-electron chi connectivity index (χ2n) is 4.77. The summed E-state index contributed by atoms with van der Waals surface area (Å²) in [5, 5.41) is 2.98. The third kappa shape index (κ3) is 3.32. The smallest absolute Gasteiger partial charge is 0.416 e. The van der Waals surface area contributed by atoms with E-state index in [0.717, 1.165) is 12.1 Å². The maximum absolute atomic E-state index is 12.7. The fourth-order valence-electron chi connectivity index (χ4n) is 1.96. The van der Waals surface area contributed by atoms with Gasteiger partial charge in [0.2, 0.25) is 0 Å². The molecule has 0 bridgehead atoms. The monoisotopic (exact) mass is 351 g/mol. The number of carbonyl (C=O) groups is 1. The molecular weight excluding hydrogens is 339 g/mol. The molecule has 1 aromatic carbocycles. The molecule has 1 aliphatic rings. The lowest BCUT2D eigenvalue weighted by molar-refractivity contribution is -0.144. The molecule has 7 heteroatoms. The molecule has 1 saturated carbocycles. The Balaban J connectivity index is 2.11. The third-order valence-corrected chi connectivity index (χ3v) is 3.70. The fraction of sp³-hybridized carbons (Fsp3) is 0.462. The highest BCUT2D eigenvalue weighted by Crippen LogP contribution is 2.37. The quantitative estimate of drug-likeness (QED) is 0.846. The van der Waals surface area contributed by atoms with E-state index in [1.54, 1.807) is 6.07 Å². The van der Waals surface area contributed by atoms with Gasteiger partial charge in [-0.15, -0.1) is 0 Å². The van der Waals surface area contributed by atoms with E-state index in [2.05, 4.69) is 26.0 Å². The minimum absolute atomic E-state index is 0.178. The first-order valence-corrected chi connectivity index (χ1v) is 6.76. The van der Waals surface area contributed by atoms with Gasteiger partial charge in [-0.05, 0) is 36.6 Å². The molecule has 0 saturated heterocycles. The summed E-state index contributed by atoms with van der Waals surface area (Å²) in [6.45, 7) is 0.178. The van der Waals surface area contributed by atoms with E-state index in [9.17, 15) is 18.0 Å². The van der Waals surface area contributed by atoms with Crippen LogP contribution in [0.2, 0.25) is 0 Å². The molecule has 1 N–H and O–H groups in total. The molecule has 0 aliphatic heterocycles. The van der Waals surface area contributed by atoms with Gasteiger partial charge < -0.3 is 4.74 Å². The summed E-state index contributed by atoms with van der Waals surface area (Å²) in [5.74, 6) is -0.372. The van der Waals surface area contributed by atoms with Gasteiger partial charge in [0.15, 0.2) is 0 Å². The summed E-state index contributed by atoms with van der Waals surface area (Å²) < 4.78 is 43.1. The van der Waals surface area contributed by atoms with Crippen LogP contribution < -0.4 is 5.32 Å². The van der Waals surface area contributed by atoms with Crippen LogP contribution in [0.3, 0.4) is 0 Å². The van der Waals surface area contributed by atoms with Crippen molar-refractivity contribution in [1.29, 1.82) is 0 Å². The molecule has 20 heavy (non-hydrogen) atoms. The molecule has 1 fully saturated rings. The molecule has 1 aromatic rings. The van der Waals surface area contributed by atoms with Crippen molar-refractivity contribution in [2.24, 2.45) is 0 Å². The Labute approximate surface area is 122 Å². The lowest BCUT2D eigenvalue weighted by Crippen LogP contribution is -2.39. The Morgan fingerprint density at radius 1 is 1.40 bits per heavy atom. The van der Waals surface area contributed by atoms with Crippen LogP contribution in [0.5, 0.6) is 0 Å². The molecule has 0 unspecified atom stereocenters. The molecule has 0 heterocycles. The Morgan fingerprint density at radius 2 is 2.05 bits per heavy atom. The summed E-state index contributed by atoms with van der Waals surface area (Å²) in [7, 11) is 1.30. The van der Waals surface area contributed by atoms with Crippen molar-refractivity contribution in [3.8, 4) is 0 Å². The fourth-order valence-corrected chi connectivity index (χ4v) is 2.50. The summed E-state index contributed by atoms with van der Waals surface area (Å²) >= 11 is 3.06. The van der Waals surface area contributed by atoms with Gasteiger partial charge in [0.1, 0.15) is 5.54 Å². The number of nitrogens with one attached hydrogen (secondary N) is 1. The molecule has 110 valence electrons. The predicted octanol–water partition coefficient (Wildman–Crippen LogP) is 3.26. The maximum atomic E-state index is 12.7. The highest BCUT2D eigenvalue weighted by atomic mass is 79.9. The molecule has 1 aliphatic carbocycles. The maximum Gasteiger partial charge on any atom is 0.416 e. The zero-order valence-corrected chi connectivity index (χ0v) is 12.3. The number of methoxy groups -OCH3 is 1. The number of benzene rings is 1. The number of halogens is 4. The van der Waals surface area contributed by atoms with Crippen LogP contribution in [0.25, 0.3) is 0 Å². The predicted molar refractivity (Wildman–Crippen MR) is 70.0 cm³/mol. The highest BCUT2D eigenvalue weighted by Gasteiger charge is 2.50. The van der Waals surface area contributed by atoms with Crippen LogP contribution in [0.15, 0.2) is 22.7 Å².